The van der Waals surface area contributed by atoms with E-state index in [4.69, 9.17) is 4.74 Å². The van der Waals surface area contributed by atoms with Gasteiger partial charge in [-0.05, 0) is 55.2 Å². The van der Waals surface area contributed by atoms with Crippen LogP contribution in [0.1, 0.15) is 29.0 Å². The molecule has 0 bridgehead atoms. The van der Waals surface area contributed by atoms with E-state index in [9.17, 15) is 19.5 Å². The summed E-state index contributed by atoms with van der Waals surface area (Å²) in [5, 5.41) is 13.6. The zero-order valence-corrected chi connectivity index (χ0v) is 20.8. The highest BCUT2D eigenvalue weighted by Gasteiger charge is 2.31. The number of nitrogens with zero attached hydrogens (tertiary/aromatic N) is 1. The zero-order valence-electron chi connectivity index (χ0n) is 18.4. The predicted molar refractivity (Wildman–Crippen MR) is 133 cm³/mol. The summed E-state index contributed by atoms with van der Waals surface area (Å²) < 4.78 is 6.42. The molecule has 2 amide bonds. The maximum absolute atomic E-state index is 12.9. The van der Waals surface area contributed by atoms with E-state index >= 15 is 0 Å². The summed E-state index contributed by atoms with van der Waals surface area (Å²) in [5.41, 5.74) is 5.25. The van der Waals surface area contributed by atoms with Crippen molar-refractivity contribution in [2.45, 2.75) is 24.9 Å². The molecule has 34 heavy (non-hydrogen) atoms. The van der Waals surface area contributed by atoms with Crippen LogP contribution in [0, 0.1) is 0 Å². The van der Waals surface area contributed by atoms with Crippen LogP contribution in [-0.4, -0.2) is 47.7 Å². The van der Waals surface area contributed by atoms with E-state index in [1.165, 1.54) is 16.2 Å². The van der Waals surface area contributed by atoms with Crippen molar-refractivity contribution in [3.8, 4) is 11.1 Å². The lowest BCUT2D eigenvalue weighted by atomic mass is 9.98. The van der Waals surface area contributed by atoms with Gasteiger partial charge in [0, 0.05) is 19.5 Å². The Bertz CT molecular complexity index is 1180. The van der Waals surface area contributed by atoms with Gasteiger partial charge in [0.25, 0.3) is 0 Å². The summed E-state index contributed by atoms with van der Waals surface area (Å²) in [6.07, 6.45) is -1.37. The summed E-state index contributed by atoms with van der Waals surface area (Å²) in [7, 11) is 1.57. The first-order valence-electron chi connectivity index (χ1n) is 10.6. The standard InChI is InChI=1S/C25H23BrN2O5S/c1-28(12-15-10-22(26)34-14-15)24(31)21(11-23(29)30)27-25(32)33-13-20-18-8-4-2-6-16(18)17-7-3-5-9-19(17)20/h2-10,14,20-21H,11-13H2,1H3,(H,27,32)(H,29,30). The molecule has 1 aromatic heterocycles. The van der Waals surface area contributed by atoms with Crippen LogP contribution in [-0.2, 0) is 20.9 Å². The monoisotopic (exact) mass is 542 g/mol. The molecule has 1 atom stereocenters. The van der Waals surface area contributed by atoms with Crippen molar-refractivity contribution < 1.29 is 24.2 Å². The summed E-state index contributed by atoms with van der Waals surface area (Å²) in [6.45, 7) is 0.371. The number of carboxylic acids is 1. The van der Waals surface area contributed by atoms with Gasteiger partial charge in [-0.1, -0.05) is 48.5 Å². The van der Waals surface area contributed by atoms with Crippen molar-refractivity contribution >= 4 is 45.2 Å². The Morgan fingerprint density at radius 1 is 1.12 bits per heavy atom. The number of carbonyl (C=O) groups is 3. The number of hydrogen-bond acceptors (Lipinski definition) is 5. The van der Waals surface area contributed by atoms with Crippen molar-refractivity contribution in [1.82, 2.24) is 10.2 Å². The first-order chi connectivity index (χ1) is 16.3. The van der Waals surface area contributed by atoms with Crippen LogP contribution in [0.25, 0.3) is 11.1 Å². The number of ether oxygens (including phenoxy) is 1. The largest absolute Gasteiger partial charge is 0.481 e. The van der Waals surface area contributed by atoms with Gasteiger partial charge >= 0.3 is 12.1 Å². The smallest absolute Gasteiger partial charge is 0.407 e. The highest BCUT2D eigenvalue weighted by Crippen LogP contribution is 2.44. The van der Waals surface area contributed by atoms with Crippen LogP contribution in [0.5, 0.6) is 0 Å². The molecule has 2 aromatic carbocycles. The van der Waals surface area contributed by atoms with Gasteiger partial charge in [0.1, 0.15) is 12.6 Å². The Kier molecular flexibility index (Phi) is 7.33. The number of aliphatic carboxylic acids is 1. The highest BCUT2D eigenvalue weighted by molar-refractivity contribution is 9.11. The van der Waals surface area contributed by atoms with Crippen LogP contribution in [0.15, 0.2) is 63.8 Å². The number of benzene rings is 2. The minimum Gasteiger partial charge on any atom is -0.481 e. The SMILES string of the molecule is CN(Cc1csc(Br)c1)C(=O)C(CC(=O)O)NC(=O)OCC1c2ccccc2-c2ccccc21. The molecule has 3 aromatic rings. The van der Waals surface area contributed by atoms with Gasteiger partial charge in [0.2, 0.25) is 5.91 Å². The van der Waals surface area contributed by atoms with Gasteiger partial charge < -0.3 is 20.1 Å². The third kappa shape index (κ3) is 5.31. The summed E-state index contributed by atoms with van der Waals surface area (Å²) in [6, 6.07) is 16.6. The molecule has 7 nitrogen and oxygen atoms in total. The first kappa shape index (κ1) is 24.0. The number of amides is 2. The van der Waals surface area contributed by atoms with Crippen molar-refractivity contribution in [3.05, 3.63) is 80.5 Å². The number of likely N-dealkylation sites (N-methyl/N-ethyl adjacent to an activating group) is 1. The molecule has 1 aliphatic rings. The van der Waals surface area contributed by atoms with Crippen LogP contribution in [0.3, 0.4) is 0 Å². The average Bonchev–Trinajstić information content (AvgIpc) is 3.37. The van der Waals surface area contributed by atoms with E-state index in [-0.39, 0.29) is 12.5 Å². The third-order valence-electron chi connectivity index (χ3n) is 5.73. The second-order valence-corrected chi connectivity index (χ2v) is 10.4. The van der Waals surface area contributed by atoms with E-state index in [1.807, 2.05) is 60.0 Å². The van der Waals surface area contributed by atoms with Gasteiger partial charge in [-0.2, -0.15) is 0 Å². The third-order valence-corrected chi connectivity index (χ3v) is 7.28. The van der Waals surface area contributed by atoms with Crippen LogP contribution < -0.4 is 5.32 Å². The molecule has 1 heterocycles. The second kappa shape index (κ2) is 10.4. The molecule has 1 unspecified atom stereocenters. The number of carboxylic acid groups (broad SMARTS) is 1. The number of halogens is 1. The summed E-state index contributed by atoms with van der Waals surface area (Å²) in [5.74, 6) is -1.83. The maximum atomic E-state index is 12.9. The molecule has 4 rings (SSSR count). The van der Waals surface area contributed by atoms with Crippen LogP contribution >= 0.6 is 27.3 Å². The Morgan fingerprint density at radius 2 is 1.74 bits per heavy atom. The van der Waals surface area contributed by atoms with E-state index in [2.05, 4.69) is 21.2 Å². The first-order valence-corrected chi connectivity index (χ1v) is 12.3. The minimum atomic E-state index is -1.24. The number of fused-ring (bicyclic) bond motifs is 3. The van der Waals surface area contributed by atoms with Crippen LogP contribution in [0.2, 0.25) is 0 Å². The second-order valence-electron chi connectivity index (χ2n) is 8.07. The lowest BCUT2D eigenvalue weighted by molar-refractivity contribution is -0.142. The number of rotatable bonds is 8. The number of hydrogen-bond donors (Lipinski definition) is 2. The molecule has 0 fully saturated rings. The topological polar surface area (TPSA) is 95.9 Å². The fourth-order valence-corrected chi connectivity index (χ4v) is 5.40. The summed E-state index contributed by atoms with van der Waals surface area (Å²) in [4.78, 5) is 38.2. The Hall–Kier alpha value is -3.17. The van der Waals surface area contributed by atoms with Gasteiger partial charge in [0.15, 0.2) is 0 Å². The average molecular weight is 543 g/mol. The Morgan fingerprint density at radius 3 is 2.29 bits per heavy atom. The molecule has 1 aliphatic carbocycles. The fraction of sp³-hybridized carbons (Fsp3) is 0.240. The molecule has 9 heteroatoms. The molecule has 0 spiro atoms. The van der Waals surface area contributed by atoms with Gasteiger partial charge in [0.05, 0.1) is 10.2 Å². The molecule has 0 saturated heterocycles. The minimum absolute atomic E-state index is 0.0760. The summed E-state index contributed by atoms with van der Waals surface area (Å²) >= 11 is 4.87. The molecule has 0 saturated carbocycles. The van der Waals surface area contributed by atoms with E-state index in [0.717, 1.165) is 31.6 Å². The van der Waals surface area contributed by atoms with E-state index < -0.39 is 30.4 Å². The number of alkyl carbamates (subject to hydrolysis) is 1. The molecular formula is C25H23BrN2O5S. The number of nitrogens with one attached hydrogen (secondary N) is 1. The molecule has 0 radical (unpaired) electrons. The molecule has 0 aliphatic heterocycles. The maximum Gasteiger partial charge on any atom is 0.407 e. The molecule has 2 N–H and O–H groups in total. The zero-order chi connectivity index (χ0) is 24.2. The number of carbonyl (C=O) groups excluding carboxylic acids is 2. The number of thiophene rings is 1. The van der Waals surface area contributed by atoms with Crippen molar-refractivity contribution in [3.63, 3.8) is 0 Å². The van der Waals surface area contributed by atoms with Crippen molar-refractivity contribution in [2.75, 3.05) is 13.7 Å². The molecule has 176 valence electrons. The van der Waals surface area contributed by atoms with E-state index in [0.29, 0.717) is 6.54 Å². The van der Waals surface area contributed by atoms with Gasteiger partial charge in [-0.25, -0.2) is 4.79 Å². The van der Waals surface area contributed by atoms with Gasteiger partial charge in [-0.3, -0.25) is 9.59 Å². The quantitative estimate of drug-likeness (QED) is 0.424. The van der Waals surface area contributed by atoms with Crippen molar-refractivity contribution in [1.29, 1.82) is 0 Å². The molecular weight excluding hydrogens is 520 g/mol. The normalized spacial score (nSPS) is 13.0. The van der Waals surface area contributed by atoms with Crippen molar-refractivity contribution in [2.24, 2.45) is 0 Å². The van der Waals surface area contributed by atoms with E-state index in [1.54, 1.807) is 7.05 Å². The fourth-order valence-electron chi connectivity index (χ4n) is 4.20. The highest BCUT2D eigenvalue weighted by atomic mass is 79.9. The van der Waals surface area contributed by atoms with Crippen LogP contribution in [0.4, 0.5) is 4.79 Å². The predicted octanol–water partition coefficient (Wildman–Crippen LogP) is 4.85. The Balaban J connectivity index is 1.41. The Labute approximate surface area is 209 Å². The lowest BCUT2D eigenvalue weighted by Crippen LogP contribution is -2.48. The van der Waals surface area contributed by atoms with Gasteiger partial charge in [-0.15, -0.1) is 11.3 Å². The lowest BCUT2D eigenvalue weighted by Gasteiger charge is -2.23.